The van der Waals surface area contributed by atoms with Crippen LogP contribution < -0.4 is 5.69 Å². The monoisotopic (exact) mass is 434 g/mol. The summed E-state index contributed by atoms with van der Waals surface area (Å²) < 4.78 is 27.1. The van der Waals surface area contributed by atoms with Crippen molar-refractivity contribution in [1.82, 2.24) is 9.13 Å². The average molecular weight is 435 g/mol. The standard InChI is InChI=1S/C20H38N2O4S2/c1-6-21-16-18(23)22(19(21)24)20(4,5)11-8-13-28(26)15-9-14-27(25)12-7-10-17(2)3/h16-17,23H,6-15H2,1-5H3. The first kappa shape index (κ1) is 25.1. The molecule has 164 valence electrons. The minimum Gasteiger partial charge on any atom is -0.493 e. The lowest BCUT2D eigenvalue weighted by molar-refractivity contribution is 0.273. The maximum absolute atomic E-state index is 12.4. The van der Waals surface area contributed by atoms with Crippen LogP contribution in [0, 0.1) is 5.92 Å². The van der Waals surface area contributed by atoms with Crippen LogP contribution in [0.5, 0.6) is 5.88 Å². The van der Waals surface area contributed by atoms with E-state index in [1.54, 1.807) is 0 Å². The summed E-state index contributed by atoms with van der Waals surface area (Å²) in [5, 5.41) is 10.1. The Hall–Kier alpha value is -0.890. The predicted molar refractivity (Wildman–Crippen MR) is 119 cm³/mol. The van der Waals surface area contributed by atoms with Gasteiger partial charge in [0, 0.05) is 56.7 Å². The summed E-state index contributed by atoms with van der Waals surface area (Å²) >= 11 is 0. The van der Waals surface area contributed by atoms with Crippen molar-refractivity contribution in [3.63, 3.8) is 0 Å². The second-order valence-electron chi connectivity index (χ2n) is 8.39. The molecule has 0 aliphatic rings. The van der Waals surface area contributed by atoms with Gasteiger partial charge in [-0.05, 0) is 52.4 Å². The van der Waals surface area contributed by atoms with Crippen LogP contribution in [0.3, 0.4) is 0 Å². The van der Waals surface area contributed by atoms with Crippen molar-refractivity contribution >= 4 is 21.6 Å². The van der Waals surface area contributed by atoms with Gasteiger partial charge in [-0.1, -0.05) is 20.3 Å². The number of imidazole rings is 1. The smallest absolute Gasteiger partial charge is 0.331 e. The third-order valence-corrected chi connectivity index (χ3v) is 7.92. The molecule has 6 nitrogen and oxygen atoms in total. The first-order valence-electron chi connectivity index (χ1n) is 10.3. The van der Waals surface area contributed by atoms with E-state index < -0.39 is 27.1 Å². The second kappa shape index (κ2) is 12.0. The van der Waals surface area contributed by atoms with Crippen molar-refractivity contribution in [2.45, 2.75) is 78.8 Å². The van der Waals surface area contributed by atoms with Crippen molar-refractivity contribution in [2.75, 3.05) is 23.0 Å². The summed E-state index contributed by atoms with van der Waals surface area (Å²) in [6.07, 6.45) is 5.65. The topological polar surface area (TPSA) is 81.3 Å². The molecule has 0 radical (unpaired) electrons. The Morgan fingerprint density at radius 1 is 1.04 bits per heavy atom. The molecule has 2 atom stereocenters. The number of hydrogen-bond acceptors (Lipinski definition) is 4. The maximum atomic E-state index is 12.4. The third-order valence-electron chi connectivity index (χ3n) is 4.94. The van der Waals surface area contributed by atoms with Crippen LogP contribution in [-0.2, 0) is 33.7 Å². The number of aromatic nitrogens is 2. The van der Waals surface area contributed by atoms with E-state index >= 15 is 0 Å². The molecule has 0 aliphatic heterocycles. The Morgan fingerprint density at radius 2 is 1.57 bits per heavy atom. The Bertz CT molecular complexity index is 708. The number of aromatic hydroxyl groups is 1. The van der Waals surface area contributed by atoms with E-state index in [0.717, 1.165) is 25.0 Å². The molecule has 1 N–H and O–H groups in total. The van der Waals surface area contributed by atoms with Crippen molar-refractivity contribution in [2.24, 2.45) is 5.92 Å². The summed E-state index contributed by atoms with van der Waals surface area (Å²) in [5.74, 6) is 3.13. The van der Waals surface area contributed by atoms with Crippen LogP contribution in [0.1, 0.15) is 66.7 Å². The molecule has 2 unspecified atom stereocenters. The molecule has 1 heterocycles. The zero-order valence-corrected chi connectivity index (χ0v) is 19.7. The van der Waals surface area contributed by atoms with Gasteiger partial charge in [0.25, 0.3) is 0 Å². The lowest BCUT2D eigenvalue weighted by Gasteiger charge is -2.26. The lowest BCUT2D eigenvalue weighted by atomic mass is 9.99. The second-order valence-corrected chi connectivity index (χ2v) is 11.8. The summed E-state index contributed by atoms with van der Waals surface area (Å²) in [4.78, 5) is 12.4. The van der Waals surface area contributed by atoms with Gasteiger partial charge in [-0.15, -0.1) is 0 Å². The van der Waals surface area contributed by atoms with Crippen LogP contribution in [0.2, 0.25) is 0 Å². The minimum atomic E-state index is -0.937. The van der Waals surface area contributed by atoms with Crippen LogP contribution >= 0.6 is 0 Å². The maximum Gasteiger partial charge on any atom is 0.331 e. The molecule has 1 aromatic heterocycles. The van der Waals surface area contributed by atoms with E-state index in [2.05, 4.69) is 13.8 Å². The first-order chi connectivity index (χ1) is 13.1. The van der Waals surface area contributed by atoms with Crippen LogP contribution in [-0.4, -0.2) is 45.7 Å². The Kier molecular flexibility index (Phi) is 10.7. The zero-order chi connectivity index (χ0) is 21.3. The van der Waals surface area contributed by atoms with Gasteiger partial charge in [-0.3, -0.25) is 17.6 Å². The summed E-state index contributed by atoms with van der Waals surface area (Å²) in [6.45, 7) is 10.5. The molecule has 0 bridgehead atoms. The Morgan fingerprint density at radius 3 is 2.07 bits per heavy atom. The van der Waals surface area contributed by atoms with E-state index in [1.807, 2.05) is 20.8 Å². The highest BCUT2D eigenvalue weighted by Gasteiger charge is 2.26. The fraction of sp³-hybridized carbons (Fsp3) is 0.850. The molecule has 28 heavy (non-hydrogen) atoms. The molecular formula is C20H38N2O4S2. The average Bonchev–Trinajstić information content (AvgIpc) is 2.88. The fourth-order valence-electron chi connectivity index (χ4n) is 3.29. The van der Waals surface area contributed by atoms with Gasteiger partial charge in [-0.25, -0.2) is 4.79 Å². The molecule has 0 aromatic carbocycles. The number of hydrogen-bond donors (Lipinski definition) is 1. The van der Waals surface area contributed by atoms with Crippen molar-refractivity contribution in [1.29, 1.82) is 0 Å². The lowest BCUT2D eigenvalue weighted by Crippen LogP contribution is -2.37. The van der Waals surface area contributed by atoms with E-state index in [4.69, 9.17) is 0 Å². The largest absolute Gasteiger partial charge is 0.493 e. The molecule has 0 saturated heterocycles. The molecule has 1 rings (SSSR count). The van der Waals surface area contributed by atoms with Gasteiger partial charge in [0.1, 0.15) is 0 Å². The van der Waals surface area contributed by atoms with E-state index in [1.165, 1.54) is 15.3 Å². The van der Waals surface area contributed by atoms with E-state index in [-0.39, 0.29) is 11.6 Å². The van der Waals surface area contributed by atoms with Crippen LogP contribution in [0.15, 0.2) is 11.0 Å². The summed E-state index contributed by atoms with van der Waals surface area (Å²) in [6, 6.07) is 0. The van der Waals surface area contributed by atoms with Gasteiger partial charge in [-0.2, -0.15) is 0 Å². The molecule has 1 aromatic rings. The number of nitrogens with zero attached hydrogens (tertiary/aromatic N) is 2. The van der Waals surface area contributed by atoms with Gasteiger partial charge in [0.2, 0.25) is 5.88 Å². The van der Waals surface area contributed by atoms with Gasteiger partial charge in [0.05, 0.1) is 6.20 Å². The minimum absolute atomic E-state index is 0.0297. The molecule has 0 fully saturated rings. The molecule has 0 saturated carbocycles. The summed E-state index contributed by atoms with van der Waals surface area (Å²) in [5.41, 5.74) is -0.755. The molecular weight excluding hydrogens is 396 g/mol. The first-order valence-corrected chi connectivity index (χ1v) is 13.3. The highest BCUT2D eigenvalue weighted by Crippen LogP contribution is 2.25. The Balaban J connectivity index is 2.35. The molecule has 8 heteroatoms. The molecule has 0 aliphatic carbocycles. The SMILES string of the molecule is CCn1cc(O)n(C(C)(C)CCCS(=O)CCCS(=O)CCCC(C)C)c1=O. The number of rotatable bonds is 14. The highest BCUT2D eigenvalue weighted by molar-refractivity contribution is 7.85. The fourth-order valence-corrected chi connectivity index (χ4v) is 5.77. The van der Waals surface area contributed by atoms with Gasteiger partial charge < -0.3 is 5.11 Å². The zero-order valence-electron chi connectivity index (χ0n) is 18.1. The molecule has 0 amide bonds. The van der Waals surface area contributed by atoms with E-state index in [9.17, 15) is 18.3 Å². The quantitative estimate of drug-likeness (QED) is 0.487. The molecule has 0 spiro atoms. The normalized spacial score (nSPS) is 14.5. The van der Waals surface area contributed by atoms with Gasteiger partial charge >= 0.3 is 5.69 Å². The predicted octanol–water partition coefficient (Wildman–Crippen LogP) is 3.21. The van der Waals surface area contributed by atoms with Crippen molar-refractivity contribution < 1.29 is 13.5 Å². The van der Waals surface area contributed by atoms with E-state index in [0.29, 0.717) is 42.6 Å². The highest BCUT2D eigenvalue weighted by atomic mass is 32.2. The third kappa shape index (κ3) is 8.23. The number of aryl methyl sites for hydroxylation is 1. The van der Waals surface area contributed by atoms with Crippen molar-refractivity contribution in [3.05, 3.63) is 16.7 Å². The van der Waals surface area contributed by atoms with Crippen LogP contribution in [0.25, 0.3) is 0 Å². The van der Waals surface area contributed by atoms with Crippen LogP contribution in [0.4, 0.5) is 0 Å². The van der Waals surface area contributed by atoms with Crippen molar-refractivity contribution in [3.8, 4) is 5.88 Å². The Labute approximate surface area is 174 Å². The van der Waals surface area contributed by atoms with Gasteiger partial charge in [0.15, 0.2) is 0 Å². The summed E-state index contributed by atoms with van der Waals surface area (Å²) in [7, 11) is -1.74.